The lowest BCUT2D eigenvalue weighted by Gasteiger charge is -2.02. The molecule has 0 atom stereocenters. The maximum absolute atomic E-state index is 4.52. The molecule has 0 bridgehead atoms. The third-order valence-corrected chi connectivity index (χ3v) is 4.36. The number of hydrogen-bond donors (Lipinski definition) is 0. The number of aromatic nitrogens is 3. The second-order valence-electron chi connectivity index (χ2n) is 3.55. The van der Waals surface area contributed by atoms with Gasteiger partial charge in [0, 0.05) is 23.6 Å². The van der Waals surface area contributed by atoms with Gasteiger partial charge in [0.25, 0.3) is 0 Å². The molecule has 0 amide bonds. The van der Waals surface area contributed by atoms with Crippen molar-refractivity contribution in [2.24, 2.45) is 0 Å². The molecule has 0 aromatic carbocycles. The van der Waals surface area contributed by atoms with Gasteiger partial charge in [0.1, 0.15) is 15.5 Å². The van der Waals surface area contributed by atoms with E-state index >= 15 is 0 Å². The number of hydrogen-bond acceptors (Lipinski definition) is 5. The minimum atomic E-state index is 0.840. The molecule has 0 saturated carbocycles. The lowest BCUT2D eigenvalue weighted by molar-refractivity contribution is 0.803. The predicted molar refractivity (Wildman–Crippen MR) is 74.7 cm³/mol. The van der Waals surface area contributed by atoms with E-state index in [1.165, 1.54) is 0 Å². The molecular weight excluding hydrogens is 318 g/mol. The van der Waals surface area contributed by atoms with E-state index < -0.39 is 0 Å². The predicted octanol–water partition coefficient (Wildman–Crippen LogP) is 4.11. The molecular formula is C11H12BrN3S2. The summed E-state index contributed by atoms with van der Waals surface area (Å²) in [5.74, 6) is 0.887. The Morgan fingerprint density at radius 3 is 2.82 bits per heavy atom. The zero-order valence-electron chi connectivity index (χ0n) is 9.61. The summed E-state index contributed by atoms with van der Waals surface area (Å²) in [6.45, 7) is 4.13. The van der Waals surface area contributed by atoms with E-state index in [1.807, 2.05) is 18.4 Å². The summed E-state index contributed by atoms with van der Waals surface area (Å²) in [7, 11) is 0. The van der Waals surface area contributed by atoms with Gasteiger partial charge in [0.15, 0.2) is 4.34 Å². The summed E-state index contributed by atoms with van der Waals surface area (Å²) in [6, 6.07) is 1.93. The van der Waals surface area contributed by atoms with Crippen molar-refractivity contribution < 1.29 is 0 Å². The Bertz CT molecular complexity index is 513. The Labute approximate surface area is 117 Å². The topological polar surface area (TPSA) is 38.7 Å². The van der Waals surface area contributed by atoms with Crippen molar-refractivity contribution in [2.45, 2.75) is 36.1 Å². The zero-order valence-corrected chi connectivity index (χ0v) is 12.8. The van der Waals surface area contributed by atoms with Crippen LogP contribution in [0.5, 0.6) is 0 Å². The third kappa shape index (κ3) is 3.76. The van der Waals surface area contributed by atoms with Crippen molar-refractivity contribution in [3.8, 4) is 0 Å². The number of thiazole rings is 1. The van der Waals surface area contributed by atoms with Crippen LogP contribution in [0.2, 0.25) is 0 Å². The molecule has 2 aromatic rings. The minimum Gasteiger partial charge on any atom is -0.235 e. The van der Waals surface area contributed by atoms with Gasteiger partial charge in [-0.15, -0.1) is 11.3 Å². The van der Waals surface area contributed by atoms with Gasteiger partial charge in [0.05, 0.1) is 0 Å². The van der Waals surface area contributed by atoms with Crippen LogP contribution in [0.25, 0.3) is 0 Å². The van der Waals surface area contributed by atoms with Gasteiger partial charge < -0.3 is 0 Å². The molecule has 0 saturated heterocycles. The maximum Gasteiger partial charge on any atom is 0.156 e. The first-order chi connectivity index (χ1) is 8.17. The molecule has 6 heteroatoms. The molecule has 0 aliphatic heterocycles. The molecule has 0 aliphatic carbocycles. The van der Waals surface area contributed by atoms with Crippen LogP contribution in [0.1, 0.15) is 24.9 Å². The van der Waals surface area contributed by atoms with Crippen LogP contribution < -0.4 is 0 Å². The Kier molecular flexibility index (Phi) is 4.53. The van der Waals surface area contributed by atoms with Gasteiger partial charge in [-0.05, 0) is 41.0 Å². The average molecular weight is 330 g/mol. The Morgan fingerprint density at radius 2 is 2.18 bits per heavy atom. The Balaban J connectivity index is 2.20. The summed E-state index contributed by atoms with van der Waals surface area (Å²) in [5.41, 5.74) is 1.06. The van der Waals surface area contributed by atoms with Crippen molar-refractivity contribution in [3.63, 3.8) is 0 Å². The summed E-state index contributed by atoms with van der Waals surface area (Å²) in [5, 5.41) is 3.00. The van der Waals surface area contributed by atoms with Crippen molar-refractivity contribution in [3.05, 3.63) is 27.6 Å². The summed E-state index contributed by atoms with van der Waals surface area (Å²) < 4.78 is 1.86. The molecule has 0 unspecified atom stereocenters. The Hall–Kier alpha value is -0.460. The van der Waals surface area contributed by atoms with Crippen molar-refractivity contribution in [2.75, 3.05) is 0 Å². The molecule has 2 rings (SSSR count). The SMILES string of the molecule is CCCc1nc(Br)cc(Sc2nc(C)cs2)n1. The maximum atomic E-state index is 4.52. The highest BCUT2D eigenvalue weighted by molar-refractivity contribution is 9.10. The molecule has 0 fully saturated rings. The fourth-order valence-corrected chi connectivity index (χ4v) is 3.68. The van der Waals surface area contributed by atoms with Crippen LogP contribution in [0.4, 0.5) is 0 Å². The molecule has 2 heterocycles. The molecule has 2 aromatic heterocycles. The number of nitrogens with zero attached hydrogens (tertiary/aromatic N) is 3. The fraction of sp³-hybridized carbons (Fsp3) is 0.364. The number of rotatable bonds is 4. The van der Waals surface area contributed by atoms with Gasteiger partial charge in [-0.3, -0.25) is 0 Å². The van der Waals surface area contributed by atoms with Crippen LogP contribution in [-0.2, 0) is 6.42 Å². The van der Waals surface area contributed by atoms with E-state index in [0.29, 0.717) is 0 Å². The molecule has 0 aliphatic rings. The highest BCUT2D eigenvalue weighted by Gasteiger charge is 2.06. The highest BCUT2D eigenvalue weighted by atomic mass is 79.9. The molecule has 0 N–H and O–H groups in total. The van der Waals surface area contributed by atoms with Crippen molar-refractivity contribution >= 4 is 39.0 Å². The van der Waals surface area contributed by atoms with Crippen molar-refractivity contribution in [1.82, 2.24) is 15.0 Å². The van der Waals surface area contributed by atoms with Crippen LogP contribution in [0, 0.1) is 6.92 Å². The second-order valence-corrected chi connectivity index (χ2v) is 6.49. The van der Waals surface area contributed by atoms with Gasteiger partial charge in [-0.25, -0.2) is 15.0 Å². The third-order valence-electron chi connectivity index (χ3n) is 1.98. The molecule has 0 spiro atoms. The van der Waals surface area contributed by atoms with E-state index in [9.17, 15) is 0 Å². The van der Waals surface area contributed by atoms with E-state index in [0.717, 1.165) is 38.3 Å². The van der Waals surface area contributed by atoms with E-state index in [1.54, 1.807) is 23.1 Å². The van der Waals surface area contributed by atoms with E-state index in [4.69, 9.17) is 0 Å². The standard InChI is InChI=1S/C11H12BrN3S2/c1-3-4-9-14-8(12)5-10(15-9)17-11-13-7(2)6-16-11/h5-6H,3-4H2,1-2H3. The van der Waals surface area contributed by atoms with Gasteiger partial charge in [-0.2, -0.15) is 0 Å². The summed E-state index contributed by atoms with van der Waals surface area (Å²) in [4.78, 5) is 13.3. The Morgan fingerprint density at radius 1 is 1.35 bits per heavy atom. The number of aryl methyl sites for hydroxylation is 2. The van der Waals surface area contributed by atoms with E-state index in [2.05, 4.69) is 37.8 Å². The first-order valence-corrected chi connectivity index (χ1v) is 7.79. The average Bonchev–Trinajstić information content (AvgIpc) is 2.63. The summed E-state index contributed by atoms with van der Waals surface area (Å²) >= 11 is 6.65. The lowest BCUT2D eigenvalue weighted by atomic mass is 10.3. The van der Waals surface area contributed by atoms with E-state index in [-0.39, 0.29) is 0 Å². The first-order valence-electron chi connectivity index (χ1n) is 5.31. The normalized spacial score (nSPS) is 10.8. The molecule has 90 valence electrons. The lowest BCUT2D eigenvalue weighted by Crippen LogP contribution is -1.96. The molecule has 3 nitrogen and oxygen atoms in total. The van der Waals surface area contributed by atoms with Crippen LogP contribution >= 0.6 is 39.0 Å². The monoisotopic (exact) mass is 329 g/mol. The van der Waals surface area contributed by atoms with Crippen LogP contribution in [0.15, 0.2) is 25.4 Å². The largest absolute Gasteiger partial charge is 0.235 e. The summed E-state index contributed by atoms with van der Waals surface area (Å²) in [6.07, 6.45) is 1.96. The zero-order chi connectivity index (χ0) is 12.3. The first kappa shape index (κ1) is 13.0. The molecule has 0 radical (unpaired) electrons. The minimum absolute atomic E-state index is 0.840. The van der Waals surface area contributed by atoms with Gasteiger partial charge in [0.2, 0.25) is 0 Å². The van der Waals surface area contributed by atoms with Crippen LogP contribution in [0.3, 0.4) is 0 Å². The number of halogens is 1. The van der Waals surface area contributed by atoms with Gasteiger partial charge in [-0.1, -0.05) is 6.92 Å². The molecule has 17 heavy (non-hydrogen) atoms. The highest BCUT2D eigenvalue weighted by Crippen LogP contribution is 2.30. The van der Waals surface area contributed by atoms with Gasteiger partial charge >= 0.3 is 0 Å². The second kappa shape index (κ2) is 5.93. The fourth-order valence-electron chi connectivity index (χ4n) is 1.30. The van der Waals surface area contributed by atoms with Crippen LogP contribution in [-0.4, -0.2) is 15.0 Å². The van der Waals surface area contributed by atoms with Crippen molar-refractivity contribution in [1.29, 1.82) is 0 Å². The quantitative estimate of drug-likeness (QED) is 0.791. The smallest absolute Gasteiger partial charge is 0.156 e.